The number of benzene rings is 2. The van der Waals surface area contributed by atoms with Gasteiger partial charge in [0, 0.05) is 49.3 Å². The maximum absolute atomic E-state index is 13.5. The van der Waals surface area contributed by atoms with Crippen LogP contribution in [-0.4, -0.2) is 54.3 Å². The molecule has 3 aromatic rings. The molecule has 0 radical (unpaired) electrons. The van der Waals surface area contributed by atoms with Crippen LogP contribution in [0.2, 0.25) is 10.0 Å². The Labute approximate surface area is 220 Å². The second-order valence-electron chi connectivity index (χ2n) is 9.55. The number of rotatable bonds is 5. The van der Waals surface area contributed by atoms with Crippen molar-refractivity contribution >= 4 is 57.9 Å². The summed E-state index contributed by atoms with van der Waals surface area (Å²) in [4.78, 5) is 28.9. The standard InChI is InChI=1S/C26H27Cl2N7O/c1-16-14-33(12-11-29-16)18-7-5-17(6-8-18)31-26-30-13-20-24(32-26)34(19-9-10-19)15-35(25(20)36)23-21(27)3-2-4-22(23)28/h2-8,13,16,19,29H,9-12,14-15H2,1H3,(H,30,31,32)/t16-/m1/s1. The molecular weight excluding hydrogens is 497 g/mol. The van der Waals surface area contributed by atoms with Crippen molar-refractivity contribution in [2.75, 3.05) is 46.3 Å². The number of carbonyl (C=O) groups excluding carboxylic acids is 1. The molecule has 3 heterocycles. The van der Waals surface area contributed by atoms with Gasteiger partial charge in [0.15, 0.2) is 0 Å². The molecule has 1 saturated carbocycles. The predicted octanol–water partition coefficient (Wildman–Crippen LogP) is 4.91. The van der Waals surface area contributed by atoms with Crippen LogP contribution in [0, 0.1) is 0 Å². The van der Waals surface area contributed by atoms with E-state index in [0.717, 1.165) is 38.2 Å². The van der Waals surface area contributed by atoms with Gasteiger partial charge in [-0.25, -0.2) is 4.98 Å². The normalized spacial score (nSPS) is 19.9. The maximum Gasteiger partial charge on any atom is 0.265 e. The van der Waals surface area contributed by atoms with Gasteiger partial charge in [-0.05, 0) is 56.2 Å². The van der Waals surface area contributed by atoms with Gasteiger partial charge < -0.3 is 20.4 Å². The average Bonchev–Trinajstić information content (AvgIpc) is 3.71. The van der Waals surface area contributed by atoms with Gasteiger partial charge in [0.05, 0.1) is 15.7 Å². The fourth-order valence-corrected chi connectivity index (χ4v) is 5.48. The molecule has 1 amide bonds. The molecule has 2 fully saturated rings. The first-order valence-electron chi connectivity index (χ1n) is 12.2. The third kappa shape index (κ3) is 4.45. The van der Waals surface area contributed by atoms with Crippen molar-refractivity contribution in [2.45, 2.75) is 31.8 Å². The minimum Gasteiger partial charge on any atom is -0.369 e. The van der Waals surface area contributed by atoms with Crippen molar-refractivity contribution in [1.82, 2.24) is 15.3 Å². The number of hydrogen-bond donors (Lipinski definition) is 2. The minimum absolute atomic E-state index is 0.210. The Morgan fingerprint density at radius 2 is 1.83 bits per heavy atom. The number of para-hydroxylation sites is 1. The topological polar surface area (TPSA) is 76.6 Å². The summed E-state index contributed by atoms with van der Waals surface area (Å²) in [5.74, 6) is 0.892. The lowest BCUT2D eigenvalue weighted by Gasteiger charge is -2.37. The van der Waals surface area contributed by atoms with Crippen molar-refractivity contribution in [2.24, 2.45) is 0 Å². The lowest BCUT2D eigenvalue weighted by Crippen LogP contribution is -2.49. The highest BCUT2D eigenvalue weighted by atomic mass is 35.5. The number of nitrogens with one attached hydrogen (secondary N) is 2. The molecule has 0 unspecified atom stereocenters. The van der Waals surface area contributed by atoms with Crippen LogP contribution in [0.4, 0.5) is 28.8 Å². The van der Waals surface area contributed by atoms with Crippen molar-refractivity contribution < 1.29 is 4.79 Å². The summed E-state index contributed by atoms with van der Waals surface area (Å²) < 4.78 is 0. The fourth-order valence-electron chi connectivity index (χ4n) is 4.88. The molecule has 6 rings (SSSR count). The first kappa shape index (κ1) is 23.3. The van der Waals surface area contributed by atoms with Crippen LogP contribution < -0.4 is 25.3 Å². The summed E-state index contributed by atoms with van der Waals surface area (Å²) in [6.07, 6.45) is 3.70. The lowest BCUT2D eigenvalue weighted by atomic mass is 10.1. The van der Waals surface area contributed by atoms with E-state index in [0.29, 0.717) is 51.8 Å². The van der Waals surface area contributed by atoms with Crippen LogP contribution in [0.3, 0.4) is 0 Å². The highest BCUT2D eigenvalue weighted by Crippen LogP contribution is 2.41. The van der Waals surface area contributed by atoms with E-state index in [1.807, 2.05) is 12.1 Å². The summed E-state index contributed by atoms with van der Waals surface area (Å²) >= 11 is 12.9. The van der Waals surface area contributed by atoms with E-state index in [1.54, 1.807) is 29.3 Å². The molecule has 36 heavy (non-hydrogen) atoms. The van der Waals surface area contributed by atoms with Crippen molar-refractivity contribution in [3.63, 3.8) is 0 Å². The fraction of sp³-hybridized carbons (Fsp3) is 0.346. The second-order valence-corrected chi connectivity index (χ2v) is 10.4. The van der Waals surface area contributed by atoms with Crippen molar-refractivity contribution in [3.8, 4) is 0 Å². The number of halogens is 2. The number of amides is 1. The number of piperazine rings is 1. The first-order chi connectivity index (χ1) is 17.5. The largest absolute Gasteiger partial charge is 0.369 e. The van der Waals surface area contributed by atoms with Gasteiger partial charge in [-0.1, -0.05) is 29.3 Å². The van der Waals surface area contributed by atoms with Gasteiger partial charge in [0.2, 0.25) is 5.95 Å². The molecule has 10 heteroatoms. The molecule has 1 atom stereocenters. The Bertz CT molecular complexity index is 1280. The van der Waals surface area contributed by atoms with Gasteiger partial charge in [-0.2, -0.15) is 4.98 Å². The van der Waals surface area contributed by atoms with E-state index < -0.39 is 0 Å². The smallest absolute Gasteiger partial charge is 0.265 e. The number of fused-ring (bicyclic) bond motifs is 1. The van der Waals surface area contributed by atoms with Crippen molar-refractivity contribution in [1.29, 1.82) is 0 Å². The molecule has 0 spiro atoms. The molecule has 1 aromatic heterocycles. The van der Waals surface area contributed by atoms with E-state index in [1.165, 1.54) is 5.69 Å². The summed E-state index contributed by atoms with van der Waals surface area (Å²) in [7, 11) is 0. The van der Waals surface area contributed by atoms with Crippen LogP contribution >= 0.6 is 23.2 Å². The van der Waals surface area contributed by atoms with E-state index in [4.69, 9.17) is 28.2 Å². The minimum atomic E-state index is -0.210. The molecular formula is C26H27Cl2N7O. The van der Waals surface area contributed by atoms with E-state index >= 15 is 0 Å². The van der Waals surface area contributed by atoms with E-state index in [2.05, 4.69) is 44.5 Å². The Morgan fingerprint density at radius 3 is 2.53 bits per heavy atom. The molecule has 2 N–H and O–H groups in total. The molecule has 2 aliphatic heterocycles. The van der Waals surface area contributed by atoms with E-state index in [-0.39, 0.29) is 5.91 Å². The third-order valence-electron chi connectivity index (χ3n) is 6.86. The quantitative estimate of drug-likeness (QED) is 0.491. The van der Waals surface area contributed by atoms with Crippen molar-refractivity contribution in [3.05, 3.63) is 64.3 Å². The lowest BCUT2D eigenvalue weighted by molar-refractivity contribution is 0.0981. The Kier molecular flexibility index (Phi) is 6.11. The van der Waals surface area contributed by atoms with Crippen LogP contribution in [0.15, 0.2) is 48.7 Å². The number of anilines is 5. The number of aromatic nitrogens is 2. The van der Waals surface area contributed by atoms with Crippen LogP contribution in [0.5, 0.6) is 0 Å². The summed E-state index contributed by atoms with van der Waals surface area (Å²) in [5.41, 5.74) is 3.05. The molecule has 1 aliphatic carbocycles. The van der Waals surface area contributed by atoms with Gasteiger partial charge in [-0.15, -0.1) is 0 Å². The second kappa shape index (κ2) is 9.42. The zero-order valence-electron chi connectivity index (χ0n) is 19.9. The summed E-state index contributed by atoms with van der Waals surface area (Å²) in [6.45, 7) is 5.51. The first-order valence-corrected chi connectivity index (χ1v) is 13.0. The zero-order chi connectivity index (χ0) is 24.8. The Morgan fingerprint density at radius 1 is 1.08 bits per heavy atom. The van der Waals surface area contributed by atoms with Crippen LogP contribution in [0.25, 0.3) is 0 Å². The van der Waals surface area contributed by atoms with E-state index in [9.17, 15) is 4.79 Å². The van der Waals surface area contributed by atoms with Gasteiger partial charge >= 0.3 is 0 Å². The molecule has 3 aliphatic rings. The van der Waals surface area contributed by atoms with Gasteiger partial charge in [0.25, 0.3) is 5.91 Å². The van der Waals surface area contributed by atoms with Gasteiger partial charge in [-0.3, -0.25) is 9.69 Å². The molecule has 0 bridgehead atoms. The molecule has 2 aromatic carbocycles. The number of hydrogen-bond acceptors (Lipinski definition) is 7. The third-order valence-corrected chi connectivity index (χ3v) is 7.47. The molecule has 8 nitrogen and oxygen atoms in total. The van der Waals surface area contributed by atoms with Crippen LogP contribution in [-0.2, 0) is 0 Å². The SMILES string of the molecule is C[C@@H]1CN(c2ccc(Nc3ncc4c(n3)N(C3CC3)CN(c3c(Cl)cccc3Cl)C4=O)cc2)CCN1. The Hall–Kier alpha value is -3.07. The number of carbonyl (C=O) groups is 1. The highest BCUT2D eigenvalue weighted by Gasteiger charge is 2.40. The number of nitrogens with zero attached hydrogens (tertiary/aromatic N) is 5. The Balaban J connectivity index is 1.26. The van der Waals surface area contributed by atoms with Gasteiger partial charge in [0.1, 0.15) is 18.1 Å². The summed E-state index contributed by atoms with van der Waals surface area (Å²) in [6, 6.07) is 14.4. The van der Waals surface area contributed by atoms with Crippen LogP contribution in [0.1, 0.15) is 30.1 Å². The molecule has 186 valence electrons. The molecule has 1 saturated heterocycles. The summed E-state index contributed by atoms with van der Waals surface area (Å²) in [5, 5.41) is 7.65. The predicted molar refractivity (Wildman–Crippen MR) is 145 cm³/mol. The highest BCUT2D eigenvalue weighted by molar-refractivity contribution is 6.40. The average molecular weight is 524 g/mol. The maximum atomic E-state index is 13.5. The zero-order valence-corrected chi connectivity index (χ0v) is 21.4. The monoisotopic (exact) mass is 523 g/mol.